The number of carbonyl (C=O) groups is 1. The van der Waals surface area contributed by atoms with Crippen molar-refractivity contribution in [2.45, 2.75) is 62.6 Å². The van der Waals surface area contributed by atoms with Crippen LogP contribution >= 0.6 is 11.8 Å². The molecule has 1 aliphatic carbocycles. The number of nitrogens with one attached hydrogen (secondary N) is 2. The summed E-state index contributed by atoms with van der Waals surface area (Å²) in [5.41, 5.74) is 0. The largest absolute Gasteiger partial charge is 0.356 e. The van der Waals surface area contributed by atoms with Gasteiger partial charge in [-0.2, -0.15) is 0 Å². The monoisotopic (exact) mass is 351 g/mol. The first-order valence-corrected chi connectivity index (χ1v) is 10.5. The molecule has 0 radical (unpaired) electrons. The Hall–Kier alpha value is -1.08. The number of aromatic nitrogens is 3. The maximum atomic E-state index is 12.2. The molecule has 24 heavy (non-hydrogen) atoms. The Morgan fingerprint density at radius 2 is 2.00 bits per heavy atom. The molecular formula is C17H29N5OS. The fourth-order valence-electron chi connectivity index (χ4n) is 3.83. The van der Waals surface area contributed by atoms with Crippen LogP contribution in [0, 0.1) is 5.92 Å². The number of carbonyl (C=O) groups excluding carboxylic acids is 1. The van der Waals surface area contributed by atoms with E-state index in [1.165, 1.54) is 25.7 Å². The average Bonchev–Trinajstić information content (AvgIpc) is 3.28. The summed E-state index contributed by atoms with van der Waals surface area (Å²) in [5.74, 6) is 1.50. The number of amides is 1. The van der Waals surface area contributed by atoms with E-state index >= 15 is 0 Å². The van der Waals surface area contributed by atoms with Crippen LogP contribution < -0.4 is 10.6 Å². The van der Waals surface area contributed by atoms with E-state index in [9.17, 15) is 4.79 Å². The van der Waals surface area contributed by atoms with Gasteiger partial charge in [0.2, 0.25) is 5.91 Å². The molecule has 0 spiro atoms. The predicted molar refractivity (Wildman–Crippen MR) is 96.2 cm³/mol. The van der Waals surface area contributed by atoms with Crippen molar-refractivity contribution in [3.8, 4) is 0 Å². The summed E-state index contributed by atoms with van der Waals surface area (Å²) in [4.78, 5) is 12.2. The molecule has 2 N–H and O–H groups in total. The number of thioether (sulfide) groups is 1. The lowest BCUT2D eigenvalue weighted by Gasteiger charge is -2.21. The molecule has 2 fully saturated rings. The Bertz CT molecular complexity index is 535. The van der Waals surface area contributed by atoms with Crippen LogP contribution in [0.1, 0.15) is 56.8 Å². The van der Waals surface area contributed by atoms with E-state index in [4.69, 9.17) is 0 Å². The normalized spacial score (nSPS) is 19.7. The zero-order valence-electron chi connectivity index (χ0n) is 14.6. The lowest BCUT2D eigenvalue weighted by Crippen LogP contribution is -2.38. The van der Waals surface area contributed by atoms with Gasteiger partial charge >= 0.3 is 0 Å². The molecule has 134 valence electrons. The van der Waals surface area contributed by atoms with Crippen LogP contribution in [0.25, 0.3) is 0 Å². The minimum Gasteiger partial charge on any atom is -0.356 e. The summed E-state index contributed by atoms with van der Waals surface area (Å²) in [6.45, 7) is 2.65. The highest BCUT2D eigenvalue weighted by Crippen LogP contribution is 2.33. The summed E-state index contributed by atoms with van der Waals surface area (Å²) in [5, 5.41) is 16.2. The molecule has 3 rings (SSSR count). The molecule has 2 aliphatic rings. The highest BCUT2D eigenvalue weighted by Gasteiger charge is 2.24. The summed E-state index contributed by atoms with van der Waals surface area (Å²) >= 11 is 1.68. The number of aryl methyl sites for hydroxylation is 1. The molecule has 1 aromatic heterocycles. The topological polar surface area (TPSA) is 71.8 Å². The lowest BCUT2D eigenvalue weighted by molar-refractivity contribution is -0.125. The van der Waals surface area contributed by atoms with Gasteiger partial charge in [-0.15, -0.1) is 10.2 Å². The van der Waals surface area contributed by atoms with Crippen molar-refractivity contribution in [3.05, 3.63) is 5.82 Å². The lowest BCUT2D eigenvalue weighted by atomic mass is 9.97. The third-order valence-corrected chi connectivity index (χ3v) is 5.84. The number of piperidine rings is 1. The van der Waals surface area contributed by atoms with Crippen molar-refractivity contribution in [3.63, 3.8) is 0 Å². The second kappa shape index (κ2) is 8.85. The molecule has 1 aliphatic heterocycles. The van der Waals surface area contributed by atoms with Gasteiger partial charge < -0.3 is 15.2 Å². The summed E-state index contributed by atoms with van der Waals surface area (Å²) < 4.78 is 2.35. The number of hydrogen-bond donors (Lipinski definition) is 2. The van der Waals surface area contributed by atoms with Crippen LogP contribution in [0.4, 0.5) is 0 Å². The molecule has 0 aromatic carbocycles. The minimum absolute atomic E-state index is 0.191. The van der Waals surface area contributed by atoms with Crippen molar-refractivity contribution in [2.75, 3.05) is 25.9 Å². The van der Waals surface area contributed by atoms with E-state index in [2.05, 4.69) is 31.7 Å². The van der Waals surface area contributed by atoms with E-state index in [1.54, 1.807) is 11.8 Å². The third-order valence-electron chi connectivity index (χ3n) is 5.19. The Labute approximate surface area is 148 Å². The molecule has 1 aromatic rings. The van der Waals surface area contributed by atoms with Crippen molar-refractivity contribution in [2.24, 2.45) is 5.92 Å². The van der Waals surface area contributed by atoms with Crippen molar-refractivity contribution in [1.29, 1.82) is 0 Å². The molecule has 0 bridgehead atoms. The van der Waals surface area contributed by atoms with E-state index in [-0.39, 0.29) is 11.8 Å². The van der Waals surface area contributed by atoms with Gasteiger partial charge in [0.25, 0.3) is 0 Å². The Kier molecular flexibility index (Phi) is 6.54. The molecule has 1 amide bonds. The Balaban J connectivity index is 1.48. The maximum Gasteiger partial charge on any atom is 0.223 e. The first-order valence-electron chi connectivity index (χ1n) is 9.26. The van der Waals surface area contributed by atoms with Gasteiger partial charge in [0, 0.05) is 24.9 Å². The van der Waals surface area contributed by atoms with Gasteiger partial charge in [0.1, 0.15) is 5.82 Å². The second-order valence-corrected chi connectivity index (χ2v) is 7.60. The molecule has 7 heteroatoms. The van der Waals surface area contributed by atoms with E-state index in [0.717, 1.165) is 56.3 Å². The quantitative estimate of drug-likeness (QED) is 0.582. The zero-order chi connectivity index (χ0) is 16.8. The standard InChI is InChI=1S/C17H29N5OS/c1-24-17-21-20-15(22(17)14-5-2-3-6-14)7-4-10-19-16(23)13-8-11-18-12-9-13/h13-14,18H,2-12H2,1H3,(H,19,23). The fraction of sp³-hybridized carbons (Fsp3) is 0.824. The molecular weight excluding hydrogens is 322 g/mol. The smallest absolute Gasteiger partial charge is 0.223 e. The first-order chi connectivity index (χ1) is 11.8. The zero-order valence-corrected chi connectivity index (χ0v) is 15.4. The first kappa shape index (κ1) is 17.7. The number of rotatable bonds is 7. The average molecular weight is 352 g/mol. The SMILES string of the molecule is CSc1nnc(CCCNC(=O)C2CCNCC2)n1C1CCCC1. The molecule has 2 heterocycles. The number of nitrogens with zero attached hydrogens (tertiary/aromatic N) is 3. The second-order valence-electron chi connectivity index (χ2n) is 6.83. The van der Waals surface area contributed by atoms with E-state index in [0.29, 0.717) is 6.04 Å². The highest BCUT2D eigenvalue weighted by atomic mass is 32.2. The fourth-order valence-corrected chi connectivity index (χ4v) is 4.41. The predicted octanol–water partition coefficient (Wildman–Crippen LogP) is 2.16. The van der Waals surface area contributed by atoms with Crippen LogP contribution in [0.3, 0.4) is 0 Å². The van der Waals surface area contributed by atoms with E-state index < -0.39 is 0 Å². The summed E-state index contributed by atoms with van der Waals surface area (Å²) in [6, 6.07) is 0.571. The highest BCUT2D eigenvalue weighted by molar-refractivity contribution is 7.98. The Morgan fingerprint density at radius 3 is 2.71 bits per heavy atom. The molecule has 0 unspecified atom stereocenters. The van der Waals surface area contributed by atoms with E-state index in [1.807, 2.05) is 0 Å². The summed E-state index contributed by atoms with van der Waals surface area (Å²) in [6.07, 6.45) is 10.9. The maximum absolute atomic E-state index is 12.2. The molecule has 6 nitrogen and oxygen atoms in total. The van der Waals surface area contributed by atoms with Crippen LogP contribution in [0.15, 0.2) is 5.16 Å². The molecule has 1 saturated carbocycles. The van der Waals surface area contributed by atoms with Crippen LogP contribution in [-0.4, -0.2) is 46.6 Å². The van der Waals surface area contributed by atoms with Gasteiger partial charge in [0.15, 0.2) is 5.16 Å². The van der Waals surface area contributed by atoms with Gasteiger partial charge in [-0.1, -0.05) is 24.6 Å². The van der Waals surface area contributed by atoms with Gasteiger partial charge in [-0.05, 0) is 51.4 Å². The van der Waals surface area contributed by atoms with Gasteiger partial charge in [-0.25, -0.2) is 0 Å². The molecule has 0 atom stereocenters. The van der Waals surface area contributed by atoms with Gasteiger partial charge in [-0.3, -0.25) is 4.79 Å². The van der Waals surface area contributed by atoms with Crippen molar-refractivity contribution < 1.29 is 4.79 Å². The minimum atomic E-state index is 0.191. The summed E-state index contributed by atoms with van der Waals surface area (Å²) in [7, 11) is 0. The van der Waals surface area contributed by atoms with Crippen molar-refractivity contribution >= 4 is 17.7 Å². The van der Waals surface area contributed by atoms with Gasteiger partial charge in [0.05, 0.1) is 0 Å². The molecule has 1 saturated heterocycles. The number of hydrogen-bond acceptors (Lipinski definition) is 5. The van der Waals surface area contributed by atoms with Crippen LogP contribution in [-0.2, 0) is 11.2 Å². The third kappa shape index (κ3) is 4.30. The van der Waals surface area contributed by atoms with Crippen LogP contribution in [0.5, 0.6) is 0 Å². The van der Waals surface area contributed by atoms with Crippen LogP contribution in [0.2, 0.25) is 0 Å². The Morgan fingerprint density at radius 1 is 1.25 bits per heavy atom. The van der Waals surface area contributed by atoms with Crippen molar-refractivity contribution in [1.82, 2.24) is 25.4 Å².